The van der Waals surface area contributed by atoms with Gasteiger partial charge < -0.3 is 16.4 Å². The van der Waals surface area contributed by atoms with E-state index in [9.17, 15) is 22.8 Å². The van der Waals surface area contributed by atoms with Crippen molar-refractivity contribution in [3.8, 4) is 0 Å². The minimum absolute atomic E-state index is 0.00649. The SMILES string of the molecule is CN(C=O)C(N)=N[C@H](CCC1CCCCC1)C[C@H]1CCC[C@@H](NC(=O)Nc2cccc(C(F)(F)F)c2)C1. The molecular formula is C27H40F3N5O2. The predicted molar refractivity (Wildman–Crippen MR) is 139 cm³/mol. The molecule has 0 bridgehead atoms. The Labute approximate surface area is 217 Å². The van der Waals surface area contributed by atoms with Crippen LogP contribution in [0.5, 0.6) is 0 Å². The lowest BCUT2D eigenvalue weighted by molar-refractivity contribution is -0.137. The number of carbonyl (C=O) groups excluding carboxylic acids is 2. The van der Waals surface area contributed by atoms with Crippen LogP contribution in [0.3, 0.4) is 0 Å². The largest absolute Gasteiger partial charge is 0.416 e. The molecule has 1 aromatic carbocycles. The van der Waals surface area contributed by atoms with Gasteiger partial charge >= 0.3 is 12.2 Å². The number of amides is 3. The molecule has 2 fully saturated rings. The number of anilines is 1. The zero-order chi connectivity index (χ0) is 26.8. The monoisotopic (exact) mass is 523 g/mol. The minimum Gasteiger partial charge on any atom is -0.369 e. The lowest BCUT2D eigenvalue weighted by Gasteiger charge is -2.32. The fourth-order valence-corrected chi connectivity index (χ4v) is 5.62. The van der Waals surface area contributed by atoms with Crippen molar-refractivity contribution in [3.63, 3.8) is 0 Å². The maximum absolute atomic E-state index is 13.0. The van der Waals surface area contributed by atoms with Gasteiger partial charge in [0.1, 0.15) is 0 Å². The summed E-state index contributed by atoms with van der Waals surface area (Å²) in [6.07, 6.45) is 8.99. The van der Waals surface area contributed by atoms with Crippen LogP contribution in [0.25, 0.3) is 0 Å². The molecule has 37 heavy (non-hydrogen) atoms. The van der Waals surface area contributed by atoms with Crippen molar-refractivity contribution in [1.29, 1.82) is 0 Å². The summed E-state index contributed by atoms with van der Waals surface area (Å²) in [7, 11) is 1.59. The molecule has 3 amide bonds. The van der Waals surface area contributed by atoms with Crippen LogP contribution in [0.4, 0.5) is 23.7 Å². The van der Waals surface area contributed by atoms with Crippen LogP contribution in [-0.2, 0) is 11.0 Å². The van der Waals surface area contributed by atoms with Crippen LogP contribution >= 0.6 is 0 Å². The van der Waals surface area contributed by atoms with Crippen LogP contribution < -0.4 is 16.4 Å². The molecule has 0 saturated heterocycles. The number of rotatable bonds is 9. The maximum atomic E-state index is 13.0. The van der Waals surface area contributed by atoms with E-state index in [1.165, 1.54) is 49.1 Å². The molecule has 10 heteroatoms. The zero-order valence-electron chi connectivity index (χ0n) is 21.6. The molecule has 7 nitrogen and oxygen atoms in total. The second-order valence-corrected chi connectivity index (χ2v) is 10.6. The number of benzene rings is 1. The molecule has 0 unspecified atom stereocenters. The van der Waals surface area contributed by atoms with E-state index in [-0.39, 0.29) is 23.7 Å². The first kappa shape index (κ1) is 28.8. The molecule has 2 aliphatic rings. The second kappa shape index (κ2) is 13.7. The Kier molecular flexibility index (Phi) is 10.6. The van der Waals surface area contributed by atoms with Crippen molar-refractivity contribution in [2.75, 3.05) is 12.4 Å². The Morgan fingerprint density at radius 3 is 2.59 bits per heavy atom. The molecule has 0 radical (unpaired) electrons. The van der Waals surface area contributed by atoms with Gasteiger partial charge in [-0.3, -0.25) is 9.69 Å². The third-order valence-electron chi connectivity index (χ3n) is 7.64. The molecule has 1 aromatic rings. The minimum atomic E-state index is -4.47. The van der Waals surface area contributed by atoms with E-state index >= 15 is 0 Å². The fraction of sp³-hybridized carbons (Fsp3) is 0.667. The summed E-state index contributed by atoms with van der Waals surface area (Å²) in [5.74, 6) is 1.27. The van der Waals surface area contributed by atoms with Crippen LogP contribution in [0.2, 0.25) is 0 Å². The molecule has 2 aliphatic carbocycles. The molecular weight excluding hydrogens is 483 g/mol. The van der Waals surface area contributed by atoms with E-state index in [1.54, 1.807) is 7.05 Å². The van der Waals surface area contributed by atoms with Gasteiger partial charge in [-0.25, -0.2) is 9.79 Å². The number of alkyl halides is 3. The Bertz CT molecular complexity index is 918. The number of carbonyl (C=O) groups is 2. The maximum Gasteiger partial charge on any atom is 0.416 e. The van der Waals surface area contributed by atoms with E-state index in [2.05, 4.69) is 10.6 Å². The van der Waals surface area contributed by atoms with Gasteiger partial charge in [-0.15, -0.1) is 0 Å². The van der Waals surface area contributed by atoms with Gasteiger partial charge in [0.25, 0.3) is 0 Å². The van der Waals surface area contributed by atoms with Gasteiger partial charge in [-0.05, 0) is 62.1 Å². The number of guanidine groups is 1. The van der Waals surface area contributed by atoms with Crippen LogP contribution in [-0.4, -0.2) is 42.4 Å². The Balaban J connectivity index is 1.56. The number of hydrogen-bond acceptors (Lipinski definition) is 3. The van der Waals surface area contributed by atoms with Crippen molar-refractivity contribution in [2.45, 2.75) is 95.3 Å². The van der Waals surface area contributed by atoms with Crippen molar-refractivity contribution in [3.05, 3.63) is 29.8 Å². The van der Waals surface area contributed by atoms with Crippen molar-refractivity contribution < 1.29 is 22.8 Å². The highest BCUT2D eigenvalue weighted by molar-refractivity contribution is 5.89. The number of aliphatic imine (C=N–C) groups is 1. The van der Waals surface area contributed by atoms with Crippen molar-refractivity contribution >= 4 is 24.1 Å². The summed E-state index contributed by atoms with van der Waals surface area (Å²) in [6, 6.07) is 4.05. The lowest BCUT2D eigenvalue weighted by Crippen LogP contribution is -2.41. The quantitative estimate of drug-likeness (QED) is 0.213. The lowest BCUT2D eigenvalue weighted by atomic mass is 9.80. The van der Waals surface area contributed by atoms with Crippen LogP contribution in [0.15, 0.2) is 29.3 Å². The van der Waals surface area contributed by atoms with Crippen molar-refractivity contribution in [2.24, 2.45) is 22.6 Å². The molecule has 3 atom stereocenters. The average molecular weight is 524 g/mol. The second-order valence-electron chi connectivity index (χ2n) is 10.6. The molecule has 0 spiro atoms. The number of hydrogen-bond donors (Lipinski definition) is 3. The Hall–Kier alpha value is -2.78. The van der Waals surface area contributed by atoms with Gasteiger partial charge in [0.05, 0.1) is 11.6 Å². The van der Waals surface area contributed by atoms with Gasteiger partial charge in [0, 0.05) is 18.8 Å². The van der Waals surface area contributed by atoms with E-state index in [1.807, 2.05) is 0 Å². The normalized spacial score (nSPS) is 22.2. The van der Waals surface area contributed by atoms with E-state index in [4.69, 9.17) is 10.7 Å². The third-order valence-corrected chi connectivity index (χ3v) is 7.64. The number of nitrogens with zero attached hydrogens (tertiary/aromatic N) is 2. The summed E-state index contributed by atoms with van der Waals surface area (Å²) in [5.41, 5.74) is 5.36. The van der Waals surface area contributed by atoms with Gasteiger partial charge in [-0.2, -0.15) is 13.2 Å². The van der Waals surface area contributed by atoms with Crippen molar-refractivity contribution in [1.82, 2.24) is 10.2 Å². The number of urea groups is 1. The Morgan fingerprint density at radius 1 is 1.16 bits per heavy atom. The van der Waals surface area contributed by atoms with E-state index in [0.29, 0.717) is 12.3 Å². The number of halogens is 3. The van der Waals surface area contributed by atoms with Gasteiger partial charge in [0.15, 0.2) is 5.96 Å². The first-order valence-corrected chi connectivity index (χ1v) is 13.4. The standard InChI is InChI=1S/C27H40F3N5O2/c1-35(18-36)25(31)32-24(14-13-19-7-3-2-4-8-19)16-20-9-5-11-22(15-20)33-26(37)34-23-12-6-10-21(17-23)27(28,29)30/h6,10,12,17-20,22,24H,2-5,7-9,11,13-16H2,1H3,(H2,31,32)(H2,33,34,37)/t20-,22+,24+/m0/s1. The fourth-order valence-electron chi connectivity index (χ4n) is 5.62. The summed E-state index contributed by atoms with van der Waals surface area (Å²) in [5, 5.41) is 5.47. The number of nitrogens with one attached hydrogen (secondary N) is 2. The van der Waals surface area contributed by atoms with E-state index in [0.717, 1.165) is 63.0 Å². The summed E-state index contributed by atoms with van der Waals surface area (Å²) < 4.78 is 38.9. The highest BCUT2D eigenvalue weighted by atomic mass is 19.4. The molecule has 0 heterocycles. The molecule has 4 N–H and O–H groups in total. The first-order valence-electron chi connectivity index (χ1n) is 13.4. The summed E-state index contributed by atoms with van der Waals surface area (Å²) in [6.45, 7) is 0. The summed E-state index contributed by atoms with van der Waals surface area (Å²) >= 11 is 0. The molecule has 3 rings (SSSR count). The third kappa shape index (κ3) is 9.55. The topological polar surface area (TPSA) is 99.8 Å². The molecule has 0 aromatic heterocycles. The highest BCUT2D eigenvalue weighted by Gasteiger charge is 2.31. The molecule has 2 saturated carbocycles. The highest BCUT2D eigenvalue weighted by Crippen LogP contribution is 2.33. The zero-order valence-corrected chi connectivity index (χ0v) is 21.6. The van der Waals surface area contributed by atoms with Crippen LogP contribution in [0, 0.1) is 11.8 Å². The first-order chi connectivity index (χ1) is 17.6. The molecule has 206 valence electrons. The summed E-state index contributed by atoms with van der Waals surface area (Å²) in [4.78, 5) is 29.6. The van der Waals surface area contributed by atoms with E-state index < -0.39 is 17.8 Å². The van der Waals surface area contributed by atoms with Gasteiger partial charge in [-0.1, -0.05) is 51.0 Å². The van der Waals surface area contributed by atoms with Gasteiger partial charge in [0.2, 0.25) is 6.41 Å². The Morgan fingerprint density at radius 2 is 1.89 bits per heavy atom. The average Bonchev–Trinajstić information content (AvgIpc) is 2.87. The smallest absolute Gasteiger partial charge is 0.369 e. The number of nitrogens with two attached hydrogens (primary N) is 1. The predicted octanol–water partition coefficient (Wildman–Crippen LogP) is 5.91. The molecule has 0 aliphatic heterocycles. The van der Waals surface area contributed by atoms with Crippen LogP contribution in [0.1, 0.15) is 82.6 Å².